The van der Waals surface area contributed by atoms with Crippen LogP contribution in [0.3, 0.4) is 0 Å². The van der Waals surface area contributed by atoms with Gasteiger partial charge in [-0.3, -0.25) is 4.72 Å². The topological polar surface area (TPSA) is 69.6 Å². The summed E-state index contributed by atoms with van der Waals surface area (Å²) in [5, 5.41) is 10.4. The van der Waals surface area contributed by atoms with E-state index >= 15 is 0 Å². The van der Waals surface area contributed by atoms with Gasteiger partial charge in [0.05, 0.1) is 11.3 Å². The van der Waals surface area contributed by atoms with Gasteiger partial charge in [-0.1, -0.05) is 23.7 Å². The van der Waals surface area contributed by atoms with Gasteiger partial charge in [0.1, 0.15) is 5.75 Å². The molecule has 0 bridgehead atoms. The number of hydrogen-bond acceptors (Lipinski definition) is 4. The molecular formula is C18H21ClN2O3S. The number of fused-ring (bicyclic) bond motifs is 1. The summed E-state index contributed by atoms with van der Waals surface area (Å²) in [6, 6.07) is 11.0. The average molecular weight is 381 g/mol. The molecule has 1 aliphatic heterocycles. The van der Waals surface area contributed by atoms with Crippen LogP contribution in [0, 0.1) is 0 Å². The molecule has 0 saturated carbocycles. The van der Waals surface area contributed by atoms with Gasteiger partial charge >= 0.3 is 0 Å². The fourth-order valence-corrected chi connectivity index (χ4v) is 4.01. The van der Waals surface area contributed by atoms with Crippen LogP contribution in [0.25, 0.3) is 0 Å². The minimum Gasteiger partial charge on any atom is -0.506 e. The van der Waals surface area contributed by atoms with Crippen molar-refractivity contribution in [2.75, 3.05) is 31.1 Å². The molecule has 0 aromatic heterocycles. The van der Waals surface area contributed by atoms with Gasteiger partial charge in [0.2, 0.25) is 10.0 Å². The highest BCUT2D eigenvalue weighted by atomic mass is 35.5. The maximum absolute atomic E-state index is 11.4. The van der Waals surface area contributed by atoms with Gasteiger partial charge in [0, 0.05) is 24.7 Å². The summed E-state index contributed by atoms with van der Waals surface area (Å²) in [4.78, 5) is 2.25. The highest BCUT2D eigenvalue weighted by Crippen LogP contribution is 2.37. The molecule has 2 aromatic carbocycles. The number of sulfonamides is 1. The van der Waals surface area contributed by atoms with Crippen molar-refractivity contribution in [3.63, 3.8) is 0 Å². The second-order valence-corrected chi connectivity index (χ2v) is 8.72. The molecule has 5 nitrogen and oxygen atoms in total. The van der Waals surface area contributed by atoms with E-state index in [-0.39, 0.29) is 11.7 Å². The summed E-state index contributed by atoms with van der Waals surface area (Å²) >= 11 is 6.08. The molecule has 0 amide bonds. The number of hydrogen-bond donors (Lipinski definition) is 2. The fourth-order valence-electron chi connectivity index (χ4n) is 3.26. The van der Waals surface area contributed by atoms with E-state index in [1.807, 2.05) is 18.2 Å². The molecule has 134 valence electrons. The van der Waals surface area contributed by atoms with Crippen LogP contribution in [-0.2, 0) is 16.4 Å². The first-order valence-corrected chi connectivity index (χ1v) is 10.3. The molecular weight excluding hydrogens is 360 g/mol. The number of nitrogens with one attached hydrogen (secondary N) is 1. The lowest BCUT2D eigenvalue weighted by atomic mass is 9.88. The number of benzene rings is 2. The number of phenolic OH excluding ortho intramolecular Hbond substituents is 1. The molecule has 2 N–H and O–H groups in total. The zero-order valence-electron chi connectivity index (χ0n) is 14.2. The summed E-state index contributed by atoms with van der Waals surface area (Å²) in [5.41, 5.74) is 3.80. The molecule has 25 heavy (non-hydrogen) atoms. The Balaban J connectivity index is 1.99. The second-order valence-electron chi connectivity index (χ2n) is 6.56. The fraction of sp³-hybridized carbons (Fsp3) is 0.333. The Bertz CT molecular complexity index is 882. The molecule has 1 aliphatic rings. The van der Waals surface area contributed by atoms with Crippen molar-refractivity contribution in [2.24, 2.45) is 0 Å². The van der Waals surface area contributed by atoms with Gasteiger partial charge in [-0.2, -0.15) is 0 Å². The molecule has 7 heteroatoms. The molecule has 0 fully saturated rings. The molecule has 1 heterocycles. The SMILES string of the molecule is CN1CCc2cc(Cl)c(O)cc2[C@@H](c2ccc(NS(C)(=O)=O)cc2)C1. The van der Waals surface area contributed by atoms with Gasteiger partial charge in [0.25, 0.3) is 0 Å². The predicted molar refractivity (Wildman–Crippen MR) is 101 cm³/mol. The lowest BCUT2D eigenvalue weighted by Gasteiger charge is -2.22. The Hall–Kier alpha value is -1.76. The van der Waals surface area contributed by atoms with Crippen molar-refractivity contribution in [3.8, 4) is 5.75 Å². The lowest BCUT2D eigenvalue weighted by molar-refractivity contribution is 0.338. The number of aromatic hydroxyl groups is 1. The van der Waals surface area contributed by atoms with Crippen LogP contribution in [0.2, 0.25) is 5.02 Å². The van der Waals surface area contributed by atoms with E-state index in [0.29, 0.717) is 10.7 Å². The highest BCUT2D eigenvalue weighted by Gasteiger charge is 2.24. The number of nitrogens with zero attached hydrogens (tertiary/aromatic N) is 1. The van der Waals surface area contributed by atoms with E-state index in [0.717, 1.165) is 42.5 Å². The number of rotatable bonds is 3. The van der Waals surface area contributed by atoms with Crippen molar-refractivity contribution in [3.05, 3.63) is 58.1 Å². The average Bonchev–Trinajstić information content (AvgIpc) is 2.67. The second kappa shape index (κ2) is 6.86. The van der Waals surface area contributed by atoms with E-state index in [4.69, 9.17) is 11.6 Å². The van der Waals surface area contributed by atoms with Crippen molar-refractivity contribution >= 4 is 27.3 Å². The predicted octanol–water partition coefficient (Wildman–Crippen LogP) is 3.04. The molecule has 1 atom stereocenters. The van der Waals surface area contributed by atoms with E-state index in [1.165, 1.54) is 0 Å². The Morgan fingerprint density at radius 3 is 2.56 bits per heavy atom. The zero-order chi connectivity index (χ0) is 18.2. The van der Waals surface area contributed by atoms with Gasteiger partial charge in [-0.05, 0) is 54.4 Å². The smallest absolute Gasteiger partial charge is 0.229 e. The van der Waals surface area contributed by atoms with Crippen LogP contribution in [-0.4, -0.2) is 44.8 Å². The first kappa shape index (κ1) is 18.0. The summed E-state index contributed by atoms with van der Waals surface area (Å²) in [7, 11) is -1.23. The third kappa shape index (κ3) is 4.26. The minimum atomic E-state index is -3.29. The monoisotopic (exact) mass is 380 g/mol. The molecule has 0 saturated heterocycles. The number of halogens is 1. The third-order valence-electron chi connectivity index (χ3n) is 4.46. The van der Waals surface area contributed by atoms with Gasteiger partial charge in [-0.25, -0.2) is 8.42 Å². The largest absolute Gasteiger partial charge is 0.506 e. The Morgan fingerprint density at radius 1 is 1.24 bits per heavy atom. The van der Waals surface area contributed by atoms with E-state index in [2.05, 4.69) is 16.7 Å². The van der Waals surface area contributed by atoms with Crippen molar-refractivity contribution < 1.29 is 13.5 Å². The molecule has 0 aliphatic carbocycles. The standard InChI is InChI=1S/C18H21ClN2O3S/c1-21-8-7-13-9-17(19)18(22)10-15(13)16(11-21)12-3-5-14(6-4-12)20-25(2,23)24/h3-6,9-10,16,20,22H,7-8,11H2,1-2H3/t16-/m1/s1. The number of phenols is 1. The third-order valence-corrected chi connectivity index (χ3v) is 5.37. The Morgan fingerprint density at radius 2 is 1.92 bits per heavy atom. The van der Waals surface area contributed by atoms with Gasteiger partial charge in [0.15, 0.2) is 0 Å². The van der Waals surface area contributed by atoms with Crippen molar-refractivity contribution in [2.45, 2.75) is 12.3 Å². The maximum atomic E-state index is 11.4. The van der Waals surface area contributed by atoms with Crippen LogP contribution >= 0.6 is 11.6 Å². The Kier molecular flexibility index (Phi) is 4.95. The van der Waals surface area contributed by atoms with Crippen LogP contribution in [0.5, 0.6) is 5.75 Å². The molecule has 0 unspecified atom stereocenters. The van der Waals surface area contributed by atoms with Crippen LogP contribution in [0.4, 0.5) is 5.69 Å². The quantitative estimate of drug-likeness (QED) is 0.858. The molecule has 2 aromatic rings. The molecule has 0 spiro atoms. The van der Waals surface area contributed by atoms with Crippen LogP contribution < -0.4 is 4.72 Å². The Labute approximate surface area is 153 Å². The minimum absolute atomic E-state index is 0.0814. The van der Waals surface area contributed by atoms with Crippen LogP contribution in [0.15, 0.2) is 36.4 Å². The van der Waals surface area contributed by atoms with Gasteiger partial charge in [-0.15, -0.1) is 0 Å². The zero-order valence-corrected chi connectivity index (χ0v) is 15.7. The van der Waals surface area contributed by atoms with E-state index in [1.54, 1.807) is 18.2 Å². The van der Waals surface area contributed by atoms with E-state index < -0.39 is 10.0 Å². The number of anilines is 1. The van der Waals surface area contributed by atoms with Crippen molar-refractivity contribution in [1.29, 1.82) is 0 Å². The summed E-state index contributed by atoms with van der Waals surface area (Å²) in [6.45, 7) is 1.73. The van der Waals surface area contributed by atoms with Crippen LogP contribution in [0.1, 0.15) is 22.6 Å². The van der Waals surface area contributed by atoms with Crippen molar-refractivity contribution in [1.82, 2.24) is 4.90 Å². The maximum Gasteiger partial charge on any atom is 0.229 e. The highest BCUT2D eigenvalue weighted by molar-refractivity contribution is 7.92. The van der Waals surface area contributed by atoms with E-state index in [9.17, 15) is 13.5 Å². The summed E-state index contributed by atoms with van der Waals surface area (Å²) < 4.78 is 25.2. The first-order valence-electron chi connectivity index (χ1n) is 8.00. The first-order chi connectivity index (χ1) is 11.7. The lowest BCUT2D eigenvalue weighted by Crippen LogP contribution is -2.24. The summed E-state index contributed by atoms with van der Waals surface area (Å²) in [6.07, 6.45) is 2.00. The van der Waals surface area contributed by atoms with Gasteiger partial charge < -0.3 is 10.0 Å². The molecule has 0 radical (unpaired) electrons. The normalized spacial score (nSPS) is 18.4. The summed E-state index contributed by atoms with van der Waals surface area (Å²) in [5.74, 6) is 0.170. The molecule has 3 rings (SSSR count). The number of likely N-dealkylation sites (N-methyl/N-ethyl adjacent to an activating group) is 1.